The number of ketones is 2. The summed E-state index contributed by atoms with van der Waals surface area (Å²) in [5, 5.41) is 54.1. The number of nitrogens with zero attached hydrogens (tertiary/aromatic N) is 6. The molecule has 0 heterocycles. The average molecular weight is 674 g/mol. The van der Waals surface area contributed by atoms with Crippen molar-refractivity contribution in [1.29, 1.82) is 0 Å². The molecule has 0 spiro atoms. The minimum Gasteiger partial charge on any atom is -0.452 e. The summed E-state index contributed by atoms with van der Waals surface area (Å²) in [5.41, 5.74) is -0.940. The maximum Gasteiger partial charge on any atom is 0.316 e. The predicted molar refractivity (Wildman–Crippen MR) is 139 cm³/mol. The van der Waals surface area contributed by atoms with Crippen molar-refractivity contribution >= 4 is 66.2 Å². The number of aliphatic hydroxyl groups excluding tert-OH is 2. The Bertz CT molecular complexity index is 1290. The molecular weight excluding hydrogens is 656 g/mol. The lowest BCUT2D eigenvalue weighted by Crippen LogP contribution is -2.30. The van der Waals surface area contributed by atoms with Gasteiger partial charge in [-0.3, -0.25) is 29.8 Å². The van der Waals surface area contributed by atoms with Crippen LogP contribution < -0.4 is 0 Å². The highest BCUT2D eigenvalue weighted by molar-refractivity contribution is 9.12. The number of alkyl halides is 2. The van der Waals surface area contributed by atoms with Crippen LogP contribution >= 0.6 is 31.9 Å². The number of nitro benzene ring substituents is 2. The van der Waals surface area contributed by atoms with Gasteiger partial charge in [0.05, 0.1) is 22.5 Å². The molecule has 2 aromatic carbocycles. The van der Waals surface area contributed by atoms with Gasteiger partial charge >= 0.3 is 6.41 Å². The third-order valence-electron chi connectivity index (χ3n) is 4.28. The Labute approximate surface area is 235 Å². The molecule has 16 nitrogen and oxygen atoms in total. The summed E-state index contributed by atoms with van der Waals surface area (Å²) in [6.45, 7) is 0. The Morgan fingerprint density at radius 1 is 0.897 bits per heavy atom. The molecular formula is C21H18Br2N6O10. The molecule has 206 valence electrons. The second-order valence-corrected chi connectivity index (χ2v) is 8.90. The lowest BCUT2D eigenvalue weighted by molar-refractivity contribution is -0.384. The van der Waals surface area contributed by atoms with Crippen LogP contribution in [-0.2, 0) is 19.1 Å². The van der Waals surface area contributed by atoms with E-state index >= 15 is 0 Å². The Hall–Kier alpha value is -3.84. The van der Waals surface area contributed by atoms with Gasteiger partial charge in [0.1, 0.15) is 9.84 Å². The Morgan fingerprint density at radius 2 is 1.38 bits per heavy atom. The van der Waals surface area contributed by atoms with Gasteiger partial charge < -0.3 is 19.7 Å². The van der Waals surface area contributed by atoms with E-state index in [1.54, 1.807) is 0 Å². The van der Waals surface area contributed by atoms with Crippen LogP contribution in [0.3, 0.4) is 0 Å². The van der Waals surface area contributed by atoms with Gasteiger partial charge in [-0.15, -0.1) is 20.5 Å². The molecule has 0 aliphatic rings. The van der Waals surface area contributed by atoms with Crippen molar-refractivity contribution < 1.29 is 39.1 Å². The quantitative estimate of drug-likeness (QED) is 0.0393. The third kappa shape index (κ3) is 10.4. The lowest BCUT2D eigenvalue weighted by atomic mass is 10.1. The first-order valence-electron chi connectivity index (χ1n) is 10.5. The normalized spacial score (nSPS) is 14.8. The van der Waals surface area contributed by atoms with Crippen LogP contribution in [0.5, 0.6) is 0 Å². The van der Waals surface area contributed by atoms with E-state index in [9.17, 15) is 40.0 Å². The highest BCUT2D eigenvalue weighted by Gasteiger charge is 2.27. The molecule has 18 heteroatoms. The number of allylic oxidation sites excluding steroid dienone is 1. The van der Waals surface area contributed by atoms with Crippen molar-refractivity contribution in [3.8, 4) is 0 Å². The number of carbonyl (C=O) groups is 2. The van der Waals surface area contributed by atoms with Crippen molar-refractivity contribution in [1.82, 2.24) is 0 Å². The number of carbonyl (C=O) groups excluding carboxylic acids is 2. The molecule has 39 heavy (non-hydrogen) atoms. The molecule has 0 bridgehead atoms. The van der Waals surface area contributed by atoms with Crippen LogP contribution in [0.15, 0.2) is 81.3 Å². The number of aliphatic hydroxyl groups is 2. The van der Waals surface area contributed by atoms with Gasteiger partial charge in [-0.05, 0) is 12.1 Å². The number of para-hydroxylation sites is 2. The fraction of sp³-hybridized carbons (Fsp3) is 0.238. The number of benzene rings is 2. The monoisotopic (exact) mass is 672 g/mol. The largest absolute Gasteiger partial charge is 0.452 e. The van der Waals surface area contributed by atoms with Gasteiger partial charge in [0.25, 0.3) is 17.8 Å². The predicted octanol–water partition coefficient (Wildman–Crippen LogP) is 4.48. The molecule has 0 aliphatic carbocycles. The average Bonchev–Trinajstić information content (AvgIpc) is 2.90. The summed E-state index contributed by atoms with van der Waals surface area (Å²) in [4.78, 5) is 43.8. The number of azo groups is 2. The molecule has 0 saturated carbocycles. The van der Waals surface area contributed by atoms with Gasteiger partial charge in [-0.1, -0.05) is 56.1 Å². The van der Waals surface area contributed by atoms with Gasteiger partial charge in [0.15, 0.2) is 22.9 Å². The summed E-state index contributed by atoms with van der Waals surface area (Å²) in [7, 11) is 0. The Morgan fingerprint density at radius 3 is 1.90 bits per heavy atom. The minimum absolute atomic E-state index is 0.126. The number of hydrogen-bond donors (Lipinski definition) is 2. The fourth-order valence-electron chi connectivity index (χ4n) is 2.53. The Kier molecular flexibility index (Phi) is 12.5. The number of halogens is 2. The molecule has 2 aromatic rings. The molecule has 0 fully saturated rings. The molecule has 2 rings (SSSR count). The second kappa shape index (κ2) is 15.5. The smallest absolute Gasteiger partial charge is 0.316 e. The third-order valence-corrected chi connectivity index (χ3v) is 6.72. The van der Waals surface area contributed by atoms with Gasteiger partial charge in [0, 0.05) is 18.2 Å². The number of rotatable bonds is 15. The first-order chi connectivity index (χ1) is 18.5. The van der Waals surface area contributed by atoms with Crippen LogP contribution in [0.25, 0.3) is 0 Å². The highest BCUT2D eigenvalue weighted by atomic mass is 79.9. The van der Waals surface area contributed by atoms with E-state index in [2.05, 4.69) is 52.3 Å². The molecule has 0 radical (unpaired) electrons. The van der Waals surface area contributed by atoms with Crippen LogP contribution in [0.4, 0.5) is 22.7 Å². The Balaban J connectivity index is 1.83. The number of hydrogen-bond acceptors (Lipinski definition) is 14. The number of ether oxygens (including phenoxy) is 2. The fourth-order valence-corrected chi connectivity index (χ4v) is 3.30. The second-order valence-electron chi connectivity index (χ2n) is 7.01. The van der Waals surface area contributed by atoms with E-state index in [1.807, 2.05) is 0 Å². The zero-order valence-corrected chi connectivity index (χ0v) is 22.6. The molecule has 4 unspecified atom stereocenters. The summed E-state index contributed by atoms with van der Waals surface area (Å²) in [5.74, 6) is -1.41. The summed E-state index contributed by atoms with van der Waals surface area (Å²) >= 11 is 6.03. The first kappa shape index (κ1) is 31.4. The summed E-state index contributed by atoms with van der Waals surface area (Å²) < 4.78 is 9.79. The maximum absolute atomic E-state index is 12.3. The molecule has 0 aliphatic heterocycles. The summed E-state index contributed by atoms with van der Waals surface area (Å²) in [6.07, 6.45) is -2.83. The SMILES string of the molecule is O=C(/C=C/OC(O)N=Nc1ccccc1[N+](=O)[O-])CC(=O)C(Br)C(Br)OC(O)N=Nc1ccccc1[N+](=O)[O-]. The van der Waals surface area contributed by atoms with Crippen molar-refractivity contribution in [2.24, 2.45) is 20.5 Å². The lowest BCUT2D eigenvalue weighted by Gasteiger charge is -2.17. The van der Waals surface area contributed by atoms with E-state index < -0.39 is 50.5 Å². The van der Waals surface area contributed by atoms with Crippen LogP contribution in [0.2, 0.25) is 0 Å². The summed E-state index contributed by atoms with van der Waals surface area (Å²) in [6, 6.07) is 10.8. The van der Waals surface area contributed by atoms with E-state index in [0.29, 0.717) is 0 Å². The van der Waals surface area contributed by atoms with Crippen LogP contribution in [0.1, 0.15) is 6.42 Å². The highest BCUT2D eigenvalue weighted by Crippen LogP contribution is 2.28. The number of Topliss-reactive ketones (excluding diaryl/α,β-unsaturated/α-hetero) is 1. The molecule has 0 amide bonds. The van der Waals surface area contributed by atoms with Crippen molar-refractivity contribution in [2.45, 2.75) is 29.1 Å². The number of nitro groups is 2. The maximum atomic E-state index is 12.3. The van der Waals surface area contributed by atoms with Gasteiger partial charge in [0.2, 0.25) is 0 Å². The molecule has 0 saturated heterocycles. The van der Waals surface area contributed by atoms with E-state index in [0.717, 1.165) is 12.3 Å². The van der Waals surface area contributed by atoms with Gasteiger partial charge in [-0.25, -0.2) is 0 Å². The van der Waals surface area contributed by atoms with Crippen LogP contribution in [0, 0.1) is 20.2 Å². The standard InChI is InChI=1S/C21H18Br2N6O10/c22-18(19(23)39-21(33)27-25-14-6-2-4-8-16(14)29(36)37)17(31)11-12(30)9-10-38-20(32)26-24-13-5-1-3-7-15(13)28(34)35/h1-10,18-21,32-33H,11H2/b10-9+,26-24?,27-25?. The molecule has 4 atom stereocenters. The first-order valence-corrected chi connectivity index (χ1v) is 12.3. The van der Waals surface area contributed by atoms with Crippen molar-refractivity contribution in [3.63, 3.8) is 0 Å². The molecule has 0 aromatic heterocycles. The van der Waals surface area contributed by atoms with Crippen LogP contribution in [-0.4, -0.2) is 54.3 Å². The zero-order valence-electron chi connectivity index (χ0n) is 19.4. The van der Waals surface area contributed by atoms with Crippen molar-refractivity contribution in [3.05, 3.63) is 81.1 Å². The van der Waals surface area contributed by atoms with E-state index in [-0.39, 0.29) is 22.7 Å². The minimum atomic E-state index is -1.90. The van der Waals surface area contributed by atoms with E-state index in [1.165, 1.54) is 48.5 Å². The molecule has 2 N–H and O–H groups in total. The zero-order chi connectivity index (χ0) is 28.9. The van der Waals surface area contributed by atoms with Crippen molar-refractivity contribution in [2.75, 3.05) is 0 Å². The topological polar surface area (TPSA) is 229 Å². The van der Waals surface area contributed by atoms with E-state index in [4.69, 9.17) is 9.47 Å². The van der Waals surface area contributed by atoms with Gasteiger partial charge in [-0.2, -0.15) is 0 Å².